The third-order valence-corrected chi connectivity index (χ3v) is 2.87. The summed E-state index contributed by atoms with van der Waals surface area (Å²) in [4.78, 5) is 16.1. The topological polar surface area (TPSA) is 30.0 Å². The van der Waals surface area contributed by atoms with E-state index in [1.807, 2.05) is 24.3 Å². The maximum Gasteiger partial charge on any atom is 0.193 e. The second-order valence-electron chi connectivity index (χ2n) is 2.79. The van der Waals surface area contributed by atoms with Gasteiger partial charge in [0, 0.05) is 17.3 Å². The van der Waals surface area contributed by atoms with E-state index in [0.717, 1.165) is 15.3 Å². The average Bonchev–Trinajstić information content (AvgIpc) is 2.76. The highest BCUT2D eigenvalue weighted by Gasteiger charge is 1.99. The fraction of sp³-hybridized carbons (Fsp3) is 0. The predicted octanol–water partition coefficient (Wildman–Crippen LogP) is 2.36. The number of hydrogen-bond acceptors (Lipinski definition) is 3. The molecule has 0 N–H and O–H groups in total. The summed E-state index contributed by atoms with van der Waals surface area (Å²) in [7, 11) is 0. The predicted molar refractivity (Wildman–Crippen MR) is 60.5 cm³/mol. The van der Waals surface area contributed by atoms with Gasteiger partial charge in [0.15, 0.2) is 6.29 Å². The molecule has 2 heterocycles. The number of nitrogens with zero attached hydrogens (tertiary/aromatic N) is 1. The van der Waals surface area contributed by atoms with Crippen molar-refractivity contribution >= 4 is 17.6 Å². The zero-order chi connectivity index (χ0) is 10.5. The molecule has 0 unspecified atom stereocenters. The van der Waals surface area contributed by atoms with Crippen LogP contribution in [0.4, 0.5) is 0 Å². The van der Waals surface area contributed by atoms with Crippen molar-refractivity contribution < 1.29 is 4.79 Å². The molecule has 0 saturated carbocycles. The molecule has 0 bridgehead atoms. The highest BCUT2D eigenvalue weighted by atomic mass is 32.1. The Bertz CT molecular complexity index is 519. The number of aromatic nitrogens is 1. The standard InChI is InChI=1S/C12H7NOS/c14-9-1-2-11-3-4-12(15-11)10-5-7-13-8-6-10/h3-9H. The lowest BCUT2D eigenvalue weighted by atomic mass is 10.2. The first-order valence-corrected chi connectivity index (χ1v) is 5.17. The Balaban J connectivity index is 2.32. The second kappa shape index (κ2) is 4.54. The van der Waals surface area contributed by atoms with Crippen LogP contribution in [0.3, 0.4) is 0 Å². The van der Waals surface area contributed by atoms with E-state index in [4.69, 9.17) is 0 Å². The number of pyridine rings is 1. The van der Waals surface area contributed by atoms with Crippen LogP contribution in [0.1, 0.15) is 4.88 Å². The summed E-state index contributed by atoms with van der Waals surface area (Å²) in [6.45, 7) is 0. The summed E-state index contributed by atoms with van der Waals surface area (Å²) in [5, 5.41) is 0. The van der Waals surface area contributed by atoms with Gasteiger partial charge < -0.3 is 0 Å². The molecule has 0 radical (unpaired) electrons. The zero-order valence-electron chi connectivity index (χ0n) is 7.81. The van der Waals surface area contributed by atoms with Gasteiger partial charge in [-0.05, 0) is 41.7 Å². The van der Waals surface area contributed by atoms with Crippen LogP contribution in [-0.4, -0.2) is 11.3 Å². The van der Waals surface area contributed by atoms with Gasteiger partial charge in [0.25, 0.3) is 0 Å². The van der Waals surface area contributed by atoms with Crippen molar-refractivity contribution in [2.75, 3.05) is 0 Å². The first-order valence-electron chi connectivity index (χ1n) is 4.35. The van der Waals surface area contributed by atoms with E-state index in [2.05, 4.69) is 16.8 Å². The van der Waals surface area contributed by atoms with Gasteiger partial charge >= 0.3 is 0 Å². The van der Waals surface area contributed by atoms with Crippen molar-refractivity contribution in [3.05, 3.63) is 41.5 Å². The second-order valence-corrected chi connectivity index (χ2v) is 3.87. The van der Waals surface area contributed by atoms with Gasteiger partial charge in [-0.25, -0.2) is 0 Å². The normalized spacial score (nSPS) is 9.07. The smallest absolute Gasteiger partial charge is 0.193 e. The minimum absolute atomic E-state index is 0.603. The van der Waals surface area contributed by atoms with Crippen molar-refractivity contribution in [3.63, 3.8) is 0 Å². The molecule has 72 valence electrons. The lowest BCUT2D eigenvalue weighted by molar-refractivity contribution is -0.103. The van der Waals surface area contributed by atoms with E-state index in [0.29, 0.717) is 6.29 Å². The molecule has 0 saturated heterocycles. The molecule has 0 aliphatic heterocycles. The Kier molecular flexibility index (Phi) is 2.91. The van der Waals surface area contributed by atoms with Gasteiger partial charge in [0.2, 0.25) is 0 Å². The number of carbonyl (C=O) groups excluding carboxylic acids is 1. The van der Waals surface area contributed by atoms with Gasteiger partial charge in [-0.3, -0.25) is 9.78 Å². The highest BCUT2D eigenvalue weighted by molar-refractivity contribution is 7.16. The molecule has 0 aliphatic rings. The van der Waals surface area contributed by atoms with Crippen LogP contribution in [0.25, 0.3) is 10.4 Å². The fourth-order valence-corrected chi connectivity index (χ4v) is 2.05. The third kappa shape index (κ3) is 2.30. The van der Waals surface area contributed by atoms with E-state index < -0.39 is 0 Å². The van der Waals surface area contributed by atoms with Crippen molar-refractivity contribution in [1.82, 2.24) is 4.98 Å². The van der Waals surface area contributed by atoms with Gasteiger partial charge in [0.1, 0.15) is 0 Å². The van der Waals surface area contributed by atoms with Crippen molar-refractivity contribution in [2.45, 2.75) is 0 Å². The van der Waals surface area contributed by atoms with E-state index in [1.165, 1.54) is 0 Å². The molecule has 0 spiro atoms. The molecule has 0 atom stereocenters. The SMILES string of the molecule is O=CC#Cc1ccc(-c2ccncc2)s1. The molecular weight excluding hydrogens is 206 g/mol. The maximum absolute atomic E-state index is 10.1. The monoisotopic (exact) mass is 213 g/mol. The number of hydrogen-bond donors (Lipinski definition) is 0. The van der Waals surface area contributed by atoms with Crippen molar-refractivity contribution in [2.24, 2.45) is 0 Å². The lowest BCUT2D eigenvalue weighted by Crippen LogP contribution is -1.71. The molecular formula is C12H7NOS. The molecule has 2 aromatic heterocycles. The van der Waals surface area contributed by atoms with Crippen LogP contribution in [-0.2, 0) is 4.79 Å². The Morgan fingerprint density at radius 2 is 2.00 bits per heavy atom. The van der Waals surface area contributed by atoms with Crippen LogP contribution in [0.15, 0.2) is 36.7 Å². The molecule has 3 heteroatoms. The number of aldehydes is 1. The first kappa shape index (κ1) is 9.63. The molecule has 0 aliphatic carbocycles. The van der Waals surface area contributed by atoms with Gasteiger partial charge in [-0.2, -0.15) is 0 Å². The number of carbonyl (C=O) groups is 1. The maximum atomic E-state index is 10.1. The summed E-state index contributed by atoms with van der Waals surface area (Å²) in [5.74, 6) is 5.17. The minimum atomic E-state index is 0.603. The highest BCUT2D eigenvalue weighted by Crippen LogP contribution is 2.26. The molecule has 0 aromatic carbocycles. The summed E-state index contributed by atoms with van der Waals surface area (Å²) in [6.07, 6.45) is 4.11. The number of thiophene rings is 1. The van der Waals surface area contributed by atoms with Gasteiger partial charge in [0.05, 0.1) is 4.88 Å². The van der Waals surface area contributed by atoms with Gasteiger partial charge in [-0.1, -0.05) is 0 Å². The van der Waals surface area contributed by atoms with Gasteiger partial charge in [-0.15, -0.1) is 11.3 Å². The molecule has 2 aromatic rings. The Morgan fingerprint density at radius 3 is 2.73 bits per heavy atom. The Labute approximate surface area is 91.6 Å². The molecule has 2 rings (SSSR count). The minimum Gasteiger partial charge on any atom is -0.289 e. The zero-order valence-corrected chi connectivity index (χ0v) is 8.62. The largest absolute Gasteiger partial charge is 0.289 e. The summed E-state index contributed by atoms with van der Waals surface area (Å²) in [5.41, 5.74) is 1.12. The van der Waals surface area contributed by atoms with Crippen LogP contribution < -0.4 is 0 Å². The fourth-order valence-electron chi connectivity index (χ4n) is 1.18. The Hall–Kier alpha value is -1.92. The summed E-state index contributed by atoms with van der Waals surface area (Å²) >= 11 is 1.57. The number of rotatable bonds is 1. The Morgan fingerprint density at radius 1 is 1.20 bits per heavy atom. The lowest BCUT2D eigenvalue weighted by Gasteiger charge is -1.93. The van der Waals surface area contributed by atoms with Crippen molar-refractivity contribution in [1.29, 1.82) is 0 Å². The van der Waals surface area contributed by atoms with Crippen molar-refractivity contribution in [3.8, 4) is 22.3 Å². The quantitative estimate of drug-likeness (QED) is 0.537. The van der Waals surface area contributed by atoms with E-state index in [9.17, 15) is 4.79 Å². The summed E-state index contributed by atoms with van der Waals surface area (Å²) < 4.78 is 0. The van der Waals surface area contributed by atoms with Crippen LogP contribution in [0.5, 0.6) is 0 Å². The average molecular weight is 213 g/mol. The van der Waals surface area contributed by atoms with Crippen LogP contribution in [0, 0.1) is 11.8 Å². The van der Waals surface area contributed by atoms with E-state index in [-0.39, 0.29) is 0 Å². The molecule has 2 nitrogen and oxygen atoms in total. The van der Waals surface area contributed by atoms with Crippen LogP contribution >= 0.6 is 11.3 Å². The van der Waals surface area contributed by atoms with Crippen LogP contribution in [0.2, 0.25) is 0 Å². The third-order valence-electron chi connectivity index (χ3n) is 1.83. The van der Waals surface area contributed by atoms with E-state index in [1.54, 1.807) is 23.7 Å². The first-order chi connectivity index (χ1) is 7.40. The van der Waals surface area contributed by atoms with E-state index >= 15 is 0 Å². The molecule has 0 amide bonds. The molecule has 15 heavy (non-hydrogen) atoms. The summed E-state index contributed by atoms with van der Waals surface area (Å²) in [6, 6.07) is 7.80. The molecule has 0 fully saturated rings.